The van der Waals surface area contributed by atoms with E-state index >= 15 is 0 Å². The summed E-state index contributed by atoms with van der Waals surface area (Å²) in [7, 11) is 0. The molecule has 0 spiro atoms. The molecule has 1 amide bonds. The SMILES string of the molecule is Cc1cc(Br)ccc1C(=O)N1CCSC1C. The molecule has 2 rings (SSSR count). The standard InChI is InChI=1S/C12H14BrNOS/c1-8-7-10(13)3-4-11(8)12(15)14-5-6-16-9(14)2/h3-4,7,9H,5-6H2,1-2H3. The van der Waals surface area contributed by atoms with Crippen molar-refractivity contribution in [3.63, 3.8) is 0 Å². The Kier molecular flexibility index (Phi) is 3.60. The fourth-order valence-electron chi connectivity index (χ4n) is 1.88. The Labute approximate surface area is 109 Å². The number of carbonyl (C=O) groups excluding carboxylic acids is 1. The van der Waals surface area contributed by atoms with E-state index in [1.54, 1.807) is 0 Å². The minimum Gasteiger partial charge on any atom is -0.326 e. The molecule has 0 aromatic heterocycles. The number of carbonyl (C=O) groups is 1. The molecule has 1 atom stereocenters. The number of amides is 1. The first-order valence-electron chi connectivity index (χ1n) is 5.28. The second-order valence-corrected chi connectivity index (χ2v) is 6.27. The molecule has 4 heteroatoms. The quantitative estimate of drug-likeness (QED) is 0.793. The smallest absolute Gasteiger partial charge is 0.255 e. The van der Waals surface area contributed by atoms with Gasteiger partial charge in [-0.25, -0.2) is 0 Å². The zero-order chi connectivity index (χ0) is 11.7. The van der Waals surface area contributed by atoms with Gasteiger partial charge in [0.1, 0.15) is 0 Å². The van der Waals surface area contributed by atoms with Gasteiger partial charge in [-0.2, -0.15) is 0 Å². The van der Waals surface area contributed by atoms with Crippen molar-refractivity contribution in [2.75, 3.05) is 12.3 Å². The molecule has 1 saturated heterocycles. The van der Waals surface area contributed by atoms with Gasteiger partial charge in [-0.3, -0.25) is 4.79 Å². The Bertz CT molecular complexity index is 421. The zero-order valence-electron chi connectivity index (χ0n) is 9.37. The van der Waals surface area contributed by atoms with Crippen molar-refractivity contribution in [2.45, 2.75) is 19.2 Å². The molecule has 1 heterocycles. The van der Waals surface area contributed by atoms with Crippen molar-refractivity contribution in [1.82, 2.24) is 4.90 Å². The Hall–Kier alpha value is -0.480. The van der Waals surface area contributed by atoms with E-state index in [1.807, 2.05) is 41.8 Å². The Morgan fingerprint density at radius 2 is 2.31 bits per heavy atom. The molecule has 0 bridgehead atoms. The van der Waals surface area contributed by atoms with Gasteiger partial charge in [-0.05, 0) is 37.6 Å². The predicted molar refractivity (Wildman–Crippen MR) is 71.8 cm³/mol. The van der Waals surface area contributed by atoms with Crippen LogP contribution < -0.4 is 0 Å². The largest absolute Gasteiger partial charge is 0.326 e. The molecular weight excluding hydrogens is 286 g/mol. The first kappa shape index (κ1) is 12.0. The van der Waals surface area contributed by atoms with Gasteiger partial charge in [0.2, 0.25) is 0 Å². The summed E-state index contributed by atoms with van der Waals surface area (Å²) in [6.45, 7) is 4.93. The molecule has 16 heavy (non-hydrogen) atoms. The van der Waals surface area contributed by atoms with Gasteiger partial charge in [0, 0.05) is 22.3 Å². The number of thioether (sulfide) groups is 1. The molecule has 1 aliphatic rings. The van der Waals surface area contributed by atoms with Gasteiger partial charge in [0.05, 0.1) is 5.37 Å². The maximum absolute atomic E-state index is 12.3. The molecule has 1 aliphatic heterocycles. The van der Waals surface area contributed by atoms with E-state index in [-0.39, 0.29) is 5.91 Å². The lowest BCUT2D eigenvalue weighted by Crippen LogP contribution is -2.33. The van der Waals surface area contributed by atoms with E-state index in [4.69, 9.17) is 0 Å². The number of hydrogen-bond donors (Lipinski definition) is 0. The van der Waals surface area contributed by atoms with Crippen LogP contribution in [-0.2, 0) is 0 Å². The summed E-state index contributed by atoms with van der Waals surface area (Å²) < 4.78 is 1.02. The van der Waals surface area contributed by atoms with E-state index in [0.29, 0.717) is 5.37 Å². The van der Waals surface area contributed by atoms with E-state index in [0.717, 1.165) is 27.9 Å². The molecular formula is C12H14BrNOS. The fraction of sp³-hybridized carbons (Fsp3) is 0.417. The van der Waals surface area contributed by atoms with Crippen LogP contribution in [0.5, 0.6) is 0 Å². The normalized spacial score (nSPS) is 20.2. The number of rotatable bonds is 1. The highest BCUT2D eigenvalue weighted by atomic mass is 79.9. The lowest BCUT2D eigenvalue weighted by Gasteiger charge is -2.21. The third kappa shape index (κ3) is 2.28. The number of aryl methyl sites for hydroxylation is 1. The van der Waals surface area contributed by atoms with E-state index < -0.39 is 0 Å². The molecule has 0 aliphatic carbocycles. The Balaban J connectivity index is 2.27. The van der Waals surface area contributed by atoms with Crippen molar-refractivity contribution in [2.24, 2.45) is 0 Å². The summed E-state index contributed by atoms with van der Waals surface area (Å²) in [6, 6.07) is 5.81. The van der Waals surface area contributed by atoms with Crippen LogP contribution in [0.3, 0.4) is 0 Å². The molecule has 2 nitrogen and oxygen atoms in total. The monoisotopic (exact) mass is 299 g/mol. The third-order valence-electron chi connectivity index (χ3n) is 2.81. The minimum atomic E-state index is 0.155. The summed E-state index contributed by atoms with van der Waals surface area (Å²) in [6.07, 6.45) is 0. The maximum Gasteiger partial charge on any atom is 0.255 e. The predicted octanol–water partition coefficient (Wildman–Crippen LogP) is 3.29. The van der Waals surface area contributed by atoms with E-state index in [1.165, 1.54) is 0 Å². The molecule has 0 saturated carbocycles. The highest BCUT2D eigenvalue weighted by molar-refractivity contribution is 9.10. The lowest BCUT2D eigenvalue weighted by atomic mass is 10.1. The summed E-state index contributed by atoms with van der Waals surface area (Å²) in [5.41, 5.74) is 1.85. The summed E-state index contributed by atoms with van der Waals surface area (Å²) in [5, 5.41) is 0.301. The Morgan fingerprint density at radius 1 is 1.56 bits per heavy atom. The van der Waals surface area contributed by atoms with Gasteiger partial charge < -0.3 is 4.90 Å². The average Bonchev–Trinajstić information content (AvgIpc) is 2.63. The van der Waals surface area contributed by atoms with Crippen LogP contribution in [0.15, 0.2) is 22.7 Å². The topological polar surface area (TPSA) is 20.3 Å². The number of nitrogens with zero attached hydrogens (tertiary/aromatic N) is 1. The van der Waals surface area contributed by atoms with Crippen LogP contribution in [0.2, 0.25) is 0 Å². The molecule has 1 aromatic rings. The van der Waals surface area contributed by atoms with Gasteiger partial charge in [-0.15, -0.1) is 11.8 Å². The van der Waals surface area contributed by atoms with Crippen LogP contribution in [0.1, 0.15) is 22.8 Å². The zero-order valence-corrected chi connectivity index (χ0v) is 11.8. The molecule has 0 N–H and O–H groups in total. The third-order valence-corrected chi connectivity index (χ3v) is 4.46. The summed E-state index contributed by atoms with van der Waals surface area (Å²) in [4.78, 5) is 14.2. The average molecular weight is 300 g/mol. The Morgan fingerprint density at radius 3 is 2.88 bits per heavy atom. The molecule has 86 valence electrons. The van der Waals surface area contributed by atoms with Crippen molar-refractivity contribution in [1.29, 1.82) is 0 Å². The van der Waals surface area contributed by atoms with E-state index in [2.05, 4.69) is 22.9 Å². The van der Waals surface area contributed by atoms with Crippen molar-refractivity contribution in [3.05, 3.63) is 33.8 Å². The van der Waals surface area contributed by atoms with Gasteiger partial charge in [-0.1, -0.05) is 15.9 Å². The van der Waals surface area contributed by atoms with Crippen LogP contribution >= 0.6 is 27.7 Å². The second-order valence-electron chi connectivity index (χ2n) is 3.93. The summed E-state index contributed by atoms with van der Waals surface area (Å²) in [5.74, 6) is 1.20. The summed E-state index contributed by atoms with van der Waals surface area (Å²) >= 11 is 5.24. The van der Waals surface area contributed by atoms with Crippen LogP contribution in [0.25, 0.3) is 0 Å². The molecule has 0 radical (unpaired) electrons. The number of halogens is 1. The highest BCUT2D eigenvalue weighted by Crippen LogP contribution is 2.26. The molecule has 1 aromatic carbocycles. The van der Waals surface area contributed by atoms with Crippen molar-refractivity contribution in [3.8, 4) is 0 Å². The first-order chi connectivity index (χ1) is 7.59. The van der Waals surface area contributed by atoms with Gasteiger partial charge >= 0.3 is 0 Å². The van der Waals surface area contributed by atoms with Crippen molar-refractivity contribution >= 4 is 33.6 Å². The van der Waals surface area contributed by atoms with Crippen LogP contribution in [0, 0.1) is 6.92 Å². The number of hydrogen-bond acceptors (Lipinski definition) is 2. The van der Waals surface area contributed by atoms with E-state index in [9.17, 15) is 4.79 Å². The number of benzene rings is 1. The highest BCUT2D eigenvalue weighted by Gasteiger charge is 2.27. The molecule has 1 fully saturated rings. The minimum absolute atomic E-state index is 0.155. The first-order valence-corrected chi connectivity index (χ1v) is 7.12. The van der Waals surface area contributed by atoms with Crippen LogP contribution in [0.4, 0.5) is 0 Å². The molecule has 1 unspecified atom stereocenters. The maximum atomic E-state index is 12.3. The second kappa shape index (κ2) is 4.80. The van der Waals surface area contributed by atoms with Crippen LogP contribution in [-0.4, -0.2) is 28.5 Å². The van der Waals surface area contributed by atoms with Gasteiger partial charge in [0.15, 0.2) is 0 Å². The van der Waals surface area contributed by atoms with Crippen molar-refractivity contribution < 1.29 is 4.79 Å². The lowest BCUT2D eigenvalue weighted by molar-refractivity contribution is 0.0768. The fourth-order valence-corrected chi connectivity index (χ4v) is 3.38. The van der Waals surface area contributed by atoms with Gasteiger partial charge in [0.25, 0.3) is 5.91 Å².